The van der Waals surface area contributed by atoms with Gasteiger partial charge in [0.2, 0.25) is 11.0 Å². The second-order valence-corrected chi connectivity index (χ2v) is 4.82. The predicted octanol–water partition coefficient (Wildman–Crippen LogP) is 1.59. The molecule has 0 aromatic rings. The molecule has 1 amide bonds. The number of nitrogens with zero attached hydrogens (tertiary/aromatic N) is 2. The number of carbonyl (C=O) groups is 1. The normalized spacial score (nSPS) is 25.8. The van der Waals surface area contributed by atoms with Crippen LogP contribution in [0.15, 0.2) is 16.5 Å². The number of hydrogen-bond acceptors (Lipinski definition) is 3. The summed E-state index contributed by atoms with van der Waals surface area (Å²) in [6.45, 7) is 3.88. The van der Waals surface area contributed by atoms with E-state index in [1.54, 1.807) is 4.90 Å². The zero-order valence-corrected chi connectivity index (χ0v) is 9.56. The highest BCUT2D eigenvalue weighted by Gasteiger charge is 2.37. The van der Waals surface area contributed by atoms with Crippen molar-refractivity contribution in [1.82, 2.24) is 4.90 Å². The van der Waals surface area contributed by atoms with Crippen LogP contribution in [0, 0.1) is 0 Å². The molecule has 5 heteroatoms. The number of amides is 1. The number of carbonyl (C=O) groups excluding carboxylic acids is 1. The lowest BCUT2D eigenvalue weighted by molar-refractivity contribution is -0.126. The molecule has 0 fully saturated rings. The van der Waals surface area contributed by atoms with Crippen molar-refractivity contribution in [3.05, 3.63) is 11.5 Å². The number of allylic oxidation sites excluding steroid dienone is 1. The average molecular weight is 226 g/mol. The van der Waals surface area contributed by atoms with Crippen molar-refractivity contribution < 1.29 is 4.79 Å². The van der Waals surface area contributed by atoms with Crippen molar-refractivity contribution in [2.24, 2.45) is 4.99 Å². The Morgan fingerprint density at radius 3 is 3.00 bits per heavy atom. The third kappa shape index (κ3) is 1.40. The monoisotopic (exact) mass is 226 g/mol. The van der Waals surface area contributed by atoms with Crippen LogP contribution in [0.3, 0.4) is 0 Å². The quantitative estimate of drug-likeness (QED) is 0.637. The summed E-state index contributed by atoms with van der Waals surface area (Å²) in [5.74, 6) is 0.0602. The van der Waals surface area contributed by atoms with Gasteiger partial charge in [-0.05, 0) is 37.5 Å². The molecule has 1 atom stereocenters. The molecule has 0 aliphatic carbocycles. The first kappa shape index (κ1) is 9.86. The summed E-state index contributed by atoms with van der Waals surface area (Å²) in [6.07, 6.45) is 1.86. The second-order valence-electron chi connectivity index (χ2n) is 3.44. The van der Waals surface area contributed by atoms with Gasteiger partial charge in [0.1, 0.15) is 5.25 Å². The Balaban J connectivity index is 2.36. The first-order valence-corrected chi connectivity index (χ1v) is 5.74. The summed E-state index contributed by atoms with van der Waals surface area (Å²) in [4.78, 5) is 17.8. The topological polar surface area (TPSA) is 32.7 Å². The number of thiocarbonyl (C=S) groups is 1. The SMILES string of the molecule is CC(C)N1C(=O)C2SC=CC2=NC1=S. The van der Waals surface area contributed by atoms with Gasteiger partial charge in [0.05, 0.1) is 5.71 Å². The Labute approximate surface area is 92.3 Å². The van der Waals surface area contributed by atoms with Gasteiger partial charge in [0.15, 0.2) is 0 Å². The molecular weight excluding hydrogens is 216 g/mol. The zero-order valence-electron chi connectivity index (χ0n) is 7.93. The van der Waals surface area contributed by atoms with Crippen molar-refractivity contribution in [3.8, 4) is 0 Å². The maximum Gasteiger partial charge on any atom is 0.248 e. The minimum absolute atomic E-state index is 0.0602. The lowest BCUT2D eigenvalue weighted by Gasteiger charge is -2.31. The number of aliphatic imine (C=N–C) groups is 1. The summed E-state index contributed by atoms with van der Waals surface area (Å²) in [5.41, 5.74) is 0.793. The van der Waals surface area contributed by atoms with E-state index in [1.165, 1.54) is 11.8 Å². The molecule has 0 aromatic heterocycles. The molecule has 2 heterocycles. The van der Waals surface area contributed by atoms with Crippen LogP contribution in [-0.2, 0) is 4.79 Å². The Kier molecular flexibility index (Phi) is 2.45. The predicted molar refractivity (Wildman–Crippen MR) is 62.5 cm³/mol. The fraction of sp³-hybridized carbons (Fsp3) is 0.444. The fourth-order valence-electron chi connectivity index (χ4n) is 1.49. The van der Waals surface area contributed by atoms with Crippen LogP contribution in [0.4, 0.5) is 0 Å². The maximum atomic E-state index is 12.0. The largest absolute Gasteiger partial charge is 0.284 e. The van der Waals surface area contributed by atoms with Crippen LogP contribution in [-0.4, -0.2) is 32.9 Å². The number of rotatable bonds is 1. The van der Waals surface area contributed by atoms with Crippen molar-refractivity contribution in [2.75, 3.05) is 0 Å². The van der Waals surface area contributed by atoms with E-state index in [2.05, 4.69) is 4.99 Å². The Morgan fingerprint density at radius 1 is 1.64 bits per heavy atom. The molecule has 0 aromatic carbocycles. The van der Waals surface area contributed by atoms with E-state index < -0.39 is 0 Å². The van der Waals surface area contributed by atoms with Gasteiger partial charge in [-0.25, -0.2) is 4.99 Å². The molecule has 0 saturated carbocycles. The van der Waals surface area contributed by atoms with Gasteiger partial charge in [0.25, 0.3) is 0 Å². The molecule has 74 valence electrons. The Bertz CT molecular complexity index is 360. The number of thioether (sulfide) groups is 1. The number of hydrogen-bond donors (Lipinski definition) is 0. The third-order valence-electron chi connectivity index (χ3n) is 2.13. The molecule has 14 heavy (non-hydrogen) atoms. The fourth-order valence-corrected chi connectivity index (χ4v) is 2.77. The molecule has 0 radical (unpaired) electrons. The highest BCUT2D eigenvalue weighted by molar-refractivity contribution is 8.04. The van der Waals surface area contributed by atoms with Crippen LogP contribution in [0.1, 0.15) is 13.8 Å². The molecule has 2 aliphatic rings. The minimum atomic E-state index is -0.163. The first-order chi connectivity index (χ1) is 6.61. The van der Waals surface area contributed by atoms with Crippen molar-refractivity contribution in [1.29, 1.82) is 0 Å². The molecule has 3 nitrogen and oxygen atoms in total. The van der Waals surface area contributed by atoms with Crippen molar-refractivity contribution >= 4 is 40.7 Å². The molecule has 0 N–H and O–H groups in total. The summed E-state index contributed by atoms with van der Waals surface area (Å²) < 4.78 is 0. The van der Waals surface area contributed by atoms with Gasteiger partial charge < -0.3 is 0 Å². The van der Waals surface area contributed by atoms with Gasteiger partial charge in [-0.2, -0.15) is 0 Å². The smallest absolute Gasteiger partial charge is 0.248 e. The van der Waals surface area contributed by atoms with E-state index in [0.29, 0.717) is 5.11 Å². The third-order valence-corrected chi connectivity index (χ3v) is 3.43. The minimum Gasteiger partial charge on any atom is -0.284 e. The highest BCUT2D eigenvalue weighted by atomic mass is 32.2. The molecule has 1 unspecified atom stereocenters. The zero-order chi connectivity index (χ0) is 10.3. The lowest BCUT2D eigenvalue weighted by atomic mass is 10.2. The van der Waals surface area contributed by atoms with Gasteiger partial charge in [-0.15, -0.1) is 11.8 Å². The molecule has 0 bridgehead atoms. The average Bonchev–Trinajstić information content (AvgIpc) is 2.50. The summed E-state index contributed by atoms with van der Waals surface area (Å²) >= 11 is 6.57. The van der Waals surface area contributed by atoms with E-state index in [-0.39, 0.29) is 17.2 Å². The van der Waals surface area contributed by atoms with Crippen molar-refractivity contribution in [3.63, 3.8) is 0 Å². The molecule has 2 aliphatic heterocycles. The van der Waals surface area contributed by atoms with E-state index in [0.717, 1.165) is 5.71 Å². The van der Waals surface area contributed by atoms with Gasteiger partial charge >= 0.3 is 0 Å². The second kappa shape index (κ2) is 3.47. The standard InChI is InChI=1S/C9H10N2OS2/c1-5(2)11-8(12)7-6(3-4-14-7)10-9(11)13/h3-5,7H,1-2H3. The summed E-state index contributed by atoms with van der Waals surface area (Å²) in [7, 11) is 0. The molecular formula is C9H10N2OS2. The van der Waals surface area contributed by atoms with E-state index in [1.807, 2.05) is 25.3 Å². The van der Waals surface area contributed by atoms with Gasteiger partial charge in [-0.3, -0.25) is 9.69 Å². The molecule has 0 spiro atoms. The molecule has 0 saturated heterocycles. The van der Waals surface area contributed by atoms with E-state index >= 15 is 0 Å². The molecule has 2 rings (SSSR count). The van der Waals surface area contributed by atoms with Crippen LogP contribution in [0.2, 0.25) is 0 Å². The summed E-state index contributed by atoms with van der Waals surface area (Å²) in [6, 6.07) is 0.0847. The van der Waals surface area contributed by atoms with Crippen molar-refractivity contribution in [2.45, 2.75) is 25.1 Å². The highest BCUT2D eigenvalue weighted by Crippen LogP contribution is 2.28. The first-order valence-electron chi connectivity index (χ1n) is 4.39. The van der Waals surface area contributed by atoms with E-state index in [9.17, 15) is 4.79 Å². The Hall–Kier alpha value is -0.680. The van der Waals surface area contributed by atoms with Crippen LogP contribution in [0.5, 0.6) is 0 Å². The summed E-state index contributed by atoms with van der Waals surface area (Å²) in [5, 5.41) is 2.13. The van der Waals surface area contributed by atoms with E-state index in [4.69, 9.17) is 12.2 Å². The van der Waals surface area contributed by atoms with Crippen LogP contribution < -0.4 is 0 Å². The lowest BCUT2D eigenvalue weighted by Crippen LogP contribution is -2.49. The van der Waals surface area contributed by atoms with Crippen LogP contribution in [0.25, 0.3) is 0 Å². The van der Waals surface area contributed by atoms with Crippen LogP contribution >= 0.6 is 24.0 Å². The Morgan fingerprint density at radius 2 is 2.36 bits per heavy atom. The van der Waals surface area contributed by atoms with Gasteiger partial charge in [0, 0.05) is 6.04 Å². The van der Waals surface area contributed by atoms with Gasteiger partial charge in [-0.1, -0.05) is 0 Å². The maximum absolute atomic E-state index is 12.0. The number of fused-ring (bicyclic) bond motifs is 1.